The molecular weight excluding hydrogens is 328 g/mol. The Balaban J connectivity index is 1.74. The number of hydrogen-bond donors (Lipinski definition) is 1. The Morgan fingerprint density at radius 1 is 1.21 bits per heavy atom. The van der Waals surface area contributed by atoms with E-state index in [1.807, 2.05) is 0 Å². The van der Waals surface area contributed by atoms with Crippen molar-refractivity contribution in [1.82, 2.24) is 19.5 Å². The largest absolute Gasteiger partial charge is 0.379 e. The van der Waals surface area contributed by atoms with Gasteiger partial charge >= 0.3 is 0 Å². The van der Waals surface area contributed by atoms with E-state index in [1.165, 1.54) is 12.3 Å². The third-order valence-corrected chi connectivity index (χ3v) is 6.42. The standard InChI is InChI=1S/C16H26N4O3S/c1-19-8-5-16(6-9-19,20-10-12-23-13-11-20)14-18-24(21,22)15-4-2-3-7-17-15/h2-4,7,18H,5-6,8-14H2,1H3. The second-order valence-electron chi connectivity index (χ2n) is 6.62. The quantitative estimate of drug-likeness (QED) is 0.812. The minimum absolute atomic E-state index is 0.0788. The Morgan fingerprint density at radius 3 is 2.54 bits per heavy atom. The Labute approximate surface area is 144 Å². The van der Waals surface area contributed by atoms with E-state index in [9.17, 15) is 8.42 Å². The maximum Gasteiger partial charge on any atom is 0.258 e. The molecule has 0 radical (unpaired) electrons. The number of hydrogen-bond acceptors (Lipinski definition) is 6. The summed E-state index contributed by atoms with van der Waals surface area (Å²) in [6, 6.07) is 4.93. The molecule has 2 fully saturated rings. The number of likely N-dealkylation sites (tertiary alicyclic amines) is 1. The van der Waals surface area contributed by atoms with Gasteiger partial charge in [0, 0.05) is 31.4 Å². The molecule has 7 nitrogen and oxygen atoms in total. The van der Waals surface area contributed by atoms with Crippen LogP contribution in [0.2, 0.25) is 0 Å². The monoisotopic (exact) mass is 354 g/mol. The van der Waals surface area contributed by atoms with Gasteiger partial charge in [0.25, 0.3) is 10.0 Å². The van der Waals surface area contributed by atoms with E-state index in [0.717, 1.165) is 39.0 Å². The first-order chi connectivity index (χ1) is 11.5. The van der Waals surface area contributed by atoms with Gasteiger partial charge in [-0.25, -0.2) is 18.1 Å². The smallest absolute Gasteiger partial charge is 0.258 e. The second kappa shape index (κ2) is 7.45. The molecule has 0 amide bonds. The van der Waals surface area contributed by atoms with Crippen LogP contribution in [0.25, 0.3) is 0 Å². The van der Waals surface area contributed by atoms with Crippen LogP contribution in [0.1, 0.15) is 12.8 Å². The molecule has 0 saturated carbocycles. The number of sulfonamides is 1. The first kappa shape index (κ1) is 17.8. The van der Waals surface area contributed by atoms with Crippen molar-refractivity contribution < 1.29 is 13.2 Å². The van der Waals surface area contributed by atoms with Crippen molar-refractivity contribution in [1.29, 1.82) is 0 Å². The predicted molar refractivity (Wildman–Crippen MR) is 91.3 cm³/mol. The van der Waals surface area contributed by atoms with Gasteiger partial charge in [-0.1, -0.05) is 6.07 Å². The van der Waals surface area contributed by atoms with Crippen LogP contribution in [-0.2, 0) is 14.8 Å². The summed E-state index contributed by atoms with van der Waals surface area (Å²) in [4.78, 5) is 8.67. The van der Waals surface area contributed by atoms with E-state index in [0.29, 0.717) is 19.8 Å². The van der Waals surface area contributed by atoms with Crippen LogP contribution in [0.15, 0.2) is 29.4 Å². The van der Waals surface area contributed by atoms with Crippen LogP contribution >= 0.6 is 0 Å². The van der Waals surface area contributed by atoms with Crippen LogP contribution in [0, 0.1) is 0 Å². The minimum Gasteiger partial charge on any atom is -0.379 e. The summed E-state index contributed by atoms with van der Waals surface area (Å²) in [5.74, 6) is 0. The summed E-state index contributed by atoms with van der Waals surface area (Å²) in [7, 11) is -1.47. The molecule has 2 aliphatic rings. The van der Waals surface area contributed by atoms with Crippen molar-refractivity contribution in [2.45, 2.75) is 23.4 Å². The minimum atomic E-state index is -3.58. The van der Waals surface area contributed by atoms with Gasteiger partial charge in [0.05, 0.1) is 13.2 Å². The molecule has 1 aromatic rings. The van der Waals surface area contributed by atoms with Crippen LogP contribution < -0.4 is 4.72 Å². The molecular formula is C16H26N4O3S. The fourth-order valence-corrected chi connectivity index (χ4v) is 4.55. The van der Waals surface area contributed by atoms with Gasteiger partial charge in [-0.05, 0) is 45.1 Å². The lowest BCUT2D eigenvalue weighted by molar-refractivity contribution is -0.0427. The normalized spacial score (nSPS) is 23.2. The van der Waals surface area contributed by atoms with Gasteiger partial charge < -0.3 is 9.64 Å². The molecule has 8 heteroatoms. The summed E-state index contributed by atoms with van der Waals surface area (Å²) in [5.41, 5.74) is -0.141. The second-order valence-corrected chi connectivity index (χ2v) is 8.33. The van der Waals surface area contributed by atoms with Gasteiger partial charge in [0.1, 0.15) is 0 Å². The third kappa shape index (κ3) is 3.94. The summed E-state index contributed by atoms with van der Waals surface area (Å²) in [6.07, 6.45) is 3.41. The Hall–Kier alpha value is -1.06. The van der Waals surface area contributed by atoms with Crippen molar-refractivity contribution in [3.63, 3.8) is 0 Å². The highest BCUT2D eigenvalue weighted by Gasteiger charge is 2.40. The Bertz CT molecular complexity index is 624. The SMILES string of the molecule is CN1CCC(CNS(=O)(=O)c2ccccn2)(N2CCOCC2)CC1. The van der Waals surface area contributed by atoms with Crippen molar-refractivity contribution in [3.05, 3.63) is 24.4 Å². The molecule has 0 unspecified atom stereocenters. The zero-order valence-corrected chi connectivity index (χ0v) is 15.0. The summed E-state index contributed by atoms with van der Waals surface area (Å²) >= 11 is 0. The van der Waals surface area contributed by atoms with E-state index < -0.39 is 10.0 Å². The number of aromatic nitrogens is 1. The number of nitrogens with zero attached hydrogens (tertiary/aromatic N) is 3. The number of pyridine rings is 1. The fourth-order valence-electron chi connectivity index (χ4n) is 3.49. The molecule has 1 aromatic heterocycles. The lowest BCUT2D eigenvalue weighted by Gasteiger charge is -2.49. The average molecular weight is 354 g/mol. The lowest BCUT2D eigenvalue weighted by Crippen LogP contribution is -2.62. The molecule has 2 aliphatic heterocycles. The predicted octanol–water partition coefficient (Wildman–Crippen LogP) is 0.157. The molecule has 3 rings (SSSR count). The molecule has 134 valence electrons. The highest BCUT2D eigenvalue weighted by molar-refractivity contribution is 7.89. The van der Waals surface area contributed by atoms with Crippen molar-refractivity contribution in [2.24, 2.45) is 0 Å². The molecule has 0 spiro atoms. The first-order valence-electron chi connectivity index (χ1n) is 8.44. The van der Waals surface area contributed by atoms with Crippen molar-refractivity contribution >= 4 is 10.0 Å². The van der Waals surface area contributed by atoms with Crippen molar-refractivity contribution in [2.75, 3.05) is 53.0 Å². The van der Waals surface area contributed by atoms with Gasteiger partial charge in [-0.2, -0.15) is 0 Å². The molecule has 0 atom stereocenters. The van der Waals surface area contributed by atoms with Gasteiger partial charge in [-0.15, -0.1) is 0 Å². The first-order valence-corrected chi connectivity index (χ1v) is 9.92. The topological polar surface area (TPSA) is 74.8 Å². The zero-order valence-electron chi connectivity index (χ0n) is 14.1. The van der Waals surface area contributed by atoms with Crippen LogP contribution in [0.4, 0.5) is 0 Å². The number of rotatable bonds is 5. The summed E-state index contributed by atoms with van der Waals surface area (Å²) < 4.78 is 33.4. The fraction of sp³-hybridized carbons (Fsp3) is 0.688. The number of piperidine rings is 1. The van der Waals surface area contributed by atoms with Gasteiger partial charge in [0.2, 0.25) is 0 Å². The highest BCUT2D eigenvalue weighted by Crippen LogP contribution is 2.29. The number of ether oxygens (including phenoxy) is 1. The molecule has 0 aliphatic carbocycles. The van der Waals surface area contributed by atoms with E-state index in [-0.39, 0.29) is 10.6 Å². The van der Waals surface area contributed by atoms with E-state index >= 15 is 0 Å². The molecule has 0 bridgehead atoms. The van der Waals surface area contributed by atoms with Crippen LogP contribution in [-0.4, -0.2) is 81.7 Å². The molecule has 0 aromatic carbocycles. The molecule has 2 saturated heterocycles. The highest BCUT2D eigenvalue weighted by atomic mass is 32.2. The molecule has 1 N–H and O–H groups in total. The Kier molecular flexibility index (Phi) is 5.51. The van der Waals surface area contributed by atoms with Crippen LogP contribution in [0.5, 0.6) is 0 Å². The Morgan fingerprint density at radius 2 is 1.92 bits per heavy atom. The van der Waals surface area contributed by atoms with E-state index in [4.69, 9.17) is 4.74 Å². The zero-order chi connectivity index (χ0) is 17.0. The maximum absolute atomic E-state index is 12.5. The third-order valence-electron chi connectivity index (χ3n) is 5.10. The van der Waals surface area contributed by atoms with E-state index in [2.05, 4.69) is 26.6 Å². The van der Waals surface area contributed by atoms with Gasteiger partial charge in [0.15, 0.2) is 5.03 Å². The summed E-state index contributed by atoms with van der Waals surface area (Å²) in [5, 5.41) is 0.0788. The number of nitrogens with one attached hydrogen (secondary N) is 1. The van der Waals surface area contributed by atoms with E-state index in [1.54, 1.807) is 12.1 Å². The van der Waals surface area contributed by atoms with Crippen LogP contribution in [0.3, 0.4) is 0 Å². The average Bonchev–Trinajstić information content (AvgIpc) is 2.63. The van der Waals surface area contributed by atoms with Gasteiger partial charge in [-0.3, -0.25) is 4.90 Å². The molecule has 24 heavy (non-hydrogen) atoms. The van der Waals surface area contributed by atoms with Crippen molar-refractivity contribution in [3.8, 4) is 0 Å². The maximum atomic E-state index is 12.5. The molecule has 3 heterocycles. The number of morpholine rings is 1. The lowest BCUT2D eigenvalue weighted by atomic mass is 9.85. The summed E-state index contributed by atoms with van der Waals surface area (Å²) in [6.45, 7) is 5.50.